The third-order valence-corrected chi connectivity index (χ3v) is 5.78. The van der Waals surface area contributed by atoms with Gasteiger partial charge in [0.25, 0.3) is 0 Å². The Morgan fingerprint density at radius 2 is 1.81 bits per heavy atom. The first kappa shape index (κ1) is 17.6. The van der Waals surface area contributed by atoms with Gasteiger partial charge in [0.15, 0.2) is 0 Å². The van der Waals surface area contributed by atoms with Crippen molar-refractivity contribution < 1.29 is 19.8 Å². The number of aromatic hydroxyl groups is 1. The van der Waals surface area contributed by atoms with Crippen molar-refractivity contribution in [3.05, 3.63) is 58.7 Å². The minimum absolute atomic E-state index is 0.119. The number of carboxylic acid groups (broad SMARTS) is 1. The molecule has 0 radical (unpaired) electrons. The Morgan fingerprint density at radius 3 is 2.48 bits per heavy atom. The number of nitrogens with zero attached hydrogens (tertiary/aromatic N) is 1. The number of carbonyl (C=O) groups is 2. The van der Waals surface area contributed by atoms with Crippen LogP contribution in [0.2, 0.25) is 0 Å². The third-order valence-electron chi connectivity index (χ3n) is 5.78. The van der Waals surface area contributed by atoms with Crippen LogP contribution >= 0.6 is 0 Å². The monoisotopic (exact) mass is 365 g/mol. The molecule has 0 saturated carbocycles. The van der Waals surface area contributed by atoms with Gasteiger partial charge in [0, 0.05) is 11.3 Å². The predicted octanol–water partition coefficient (Wildman–Crippen LogP) is 3.61. The number of carbonyl (C=O) groups excluding carboxylic acids is 1. The van der Waals surface area contributed by atoms with Crippen molar-refractivity contribution in [1.82, 2.24) is 0 Å². The van der Waals surface area contributed by atoms with E-state index in [0.717, 1.165) is 36.8 Å². The first-order chi connectivity index (χ1) is 13.0. The van der Waals surface area contributed by atoms with Crippen LogP contribution < -0.4 is 4.90 Å². The summed E-state index contributed by atoms with van der Waals surface area (Å²) in [6.45, 7) is 1.76. The number of para-hydroxylation sites is 1. The highest BCUT2D eigenvalue weighted by atomic mass is 16.4. The highest BCUT2D eigenvalue weighted by Gasteiger charge is 2.44. The van der Waals surface area contributed by atoms with Crippen molar-refractivity contribution >= 4 is 17.6 Å². The molecule has 0 saturated heterocycles. The summed E-state index contributed by atoms with van der Waals surface area (Å²) < 4.78 is 0. The number of phenolic OH excluding ortho intramolecular Hbond substituents is 1. The molecule has 2 aliphatic rings. The summed E-state index contributed by atoms with van der Waals surface area (Å²) in [6.07, 6.45) is 4.43. The molecule has 27 heavy (non-hydrogen) atoms. The van der Waals surface area contributed by atoms with Crippen LogP contribution in [0.3, 0.4) is 0 Å². The normalized spacial score (nSPS) is 19.5. The maximum Gasteiger partial charge on any atom is 0.326 e. The number of benzene rings is 2. The zero-order chi connectivity index (χ0) is 19.1. The summed E-state index contributed by atoms with van der Waals surface area (Å²) >= 11 is 0. The highest BCUT2D eigenvalue weighted by Crippen LogP contribution is 2.46. The van der Waals surface area contributed by atoms with Crippen molar-refractivity contribution in [2.45, 2.75) is 51.0 Å². The minimum Gasteiger partial charge on any atom is -0.508 e. The Kier molecular flexibility index (Phi) is 4.38. The van der Waals surface area contributed by atoms with Gasteiger partial charge in [-0.15, -0.1) is 0 Å². The number of carboxylic acids is 1. The van der Waals surface area contributed by atoms with E-state index in [9.17, 15) is 19.8 Å². The molecule has 140 valence electrons. The van der Waals surface area contributed by atoms with Gasteiger partial charge in [-0.2, -0.15) is 0 Å². The van der Waals surface area contributed by atoms with Crippen molar-refractivity contribution in [2.75, 3.05) is 4.90 Å². The quantitative estimate of drug-likeness (QED) is 0.868. The molecule has 2 atom stereocenters. The fraction of sp³-hybridized carbons (Fsp3) is 0.364. The van der Waals surface area contributed by atoms with Crippen LogP contribution in [0.15, 0.2) is 36.4 Å². The predicted molar refractivity (Wildman–Crippen MR) is 102 cm³/mol. The van der Waals surface area contributed by atoms with E-state index in [1.807, 2.05) is 24.3 Å². The molecule has 0 aromatic heterocycles. The second-order valence-corrected chi connectivity index (χ2v) is 7.35. The van der Waals surface area contributed by atoms with E-state index in [4.69, 9.17) is 0 Å². The molecule has 1 amide bonds. The maximum atomic E-state index is 13.3. The molecule has 1 aliphatic heterocycles. The molecular formula is C22H23NO4. The van der Waals surface area contributed by atoms with Crippen molar-refractivity contribution in [3.8, 4) is 5.75 Å². The number of hydrogen-bond donors (Lipinski definition) is 2. The lowest BCUT2D eigenvalue weighted by Gasteiger charge is -2.25. The molecule has 5 nitrogen and oxygen atoms in total. The van der Waals surface area contributed by atoms with Gasteiger partial charge in [0.1, 0.15) is 11.8 Å². The molecule has 1 aliphatic carbocycles. The number of aliphatic carboxylic acids is 1. The lowest BCUT2D eigenvalue weighted by molar-refractivity contribution is -0.140. The molecule has 0 spiro atoms. The average Bonchev–Trinajstić information content (AvgIpc) is 2.94. The number of rotatable bonds is 4. The van der Waals surface area contributed by atoms with Crippen molar-refractivity contribution in [2.24, 2.45) is 0 Å². The minimum atomic E-state index is -1.02. The second-order valence-electron chi connectivity index (χ2n) is 7.35. The van der Waals surface area contributed by atoms with Gasteiger partial charge in [-0.3, -0.25) is 9.69 Å². The van der Waals surface area contributed by atoms with E-state index in [1.165, 1.54) is 10.5 Å². The van der Waals surface area contributed by atoms with Crippen molar-refractivity contribution in [3.63, 3.8) is 0 Å². The number of phenols is 1. The lowest BCUT2D eigenvalue weighted by Crippen LogP contribution is -2.43. The molecule has 5 heteroatoms. The fourth-order valence-corrected chi connectivity index (χ4v) is 4.45. The summed E-state index contributed by atoms with van der Waals surface area (Å²) in [5.41, 5.74) is 4.29. The van der Waals surface area contributed by atoms with E-state index in [2.05, 4.69) is 0 Å². The first-order valence-corrected chi connectivity index (χ1v) is 9.52. The van der Waals surface area contributed by atoms with Crippen LogP contribution in [0.4, 0.5) is 5.69 Å². The number of hydrogen-bond acceptors (Lipinski definition) is 3. The third kappa shape index (κ3) is 2.78. The summed E-state index contributed by atoms with van der Waals surface area (Å²) in [7, 11) is 0. The Balaban J connectivity index is 1.85. The van der Waals surface area contributed by atoms with Crippen molar-refractivity contribution in [1.29, 1.82) is 0 Å². The smallest absolute Gasteiger partial charge is 0.326 e. The van der Waals surface area contributed by atoms with E-state index in [-0.39, 0.29) is 11.7 Å². The summed E-state index contributed by atoms with van der Waals surface area (Å²) in [5, 5.41) is 20.3. The molecule has 1 heterocycles. The van der Waals surface area contributed by atoms with Gasteiger partial charge in [-0.05, 0) is 60.9 Å². The lowest BCUT2D eigenvalue weighted by atomic mass is 9.85. The summed E-state index contributed by atoms with van der Waals surface area (Å²) in [4.78, 5) is 26.5. The Bertz CT molecular complexity index is 921. The molecule has 0 fully saturated rings. The zero-order valence-corrected chi connectivity index (χ0v) is 15.3. The van der Waals surface area contributed by atoms with Crippen LogP contribution in [0, 0.1) is 0 Å². The second kappa shape index (κ2) is 6.72. The Hall–Kier alpha value is -2.82. The van der Waals surface area contributed by atoms with Gasteiger partial charge in [0.05, 0.1) is 5.92 Å². The van der Waals surface area contributed by atoms with Crippen LogP contribution in [0.25, 0.3) is 0 Å². The average molecular weight is 365 g/mol. The van der Waals surface area contributed by atoms with Gasteiger partial charge in [-0.1, -0.05) is 31.2 Å². The maximum absolute atomic E-state index is 13.3. The van der Waals surface area contributed by atoms with Crippen LogP contribution in [0.5, 0.6) is 5.75 Å². The van der Waals surface area contributed by atoms with E-state index in [1.54, 1.807) is 19.1 Å². The molecule has 2 aromatic carbocycles. The number of amides is 1. The SMILES string of the molecule is CCC(C(=O)O)N1C(=O)C(c2cc3c(cc2O)CCCC3)c2ccccc21. The molecule has 0 bridgehead atoms. The number of anilines is 1. The molecule has 4 rings (SSSR count). The molecule has 2 aromatic rings. The van der Waals surface area contributed by atoms with E-state index < -0.39 is 17.9 Å². The van der Waals surface area contributed by atoms with Crippen LogP contribution in [-0.2, 0) is 22.4 Å². The van der Waals surface area contributed by atoms with E-state index in [0.29, 0.717) is 17.7 Å². The highest BCUT2D eigenvalue weighted by molar-refractivity contribution is 6.10. The number of aryl methyl sites for hydroxylation is 2. The first-order valence-electron chi connectivity index (χ1n) is 9.52. The molecule has 2 unspecified atom stereocenters. The number of fused-ring (bicyclic) bond motifs is 2. The van der Waals surface area contributed by atoms with Gasteiger partial charge in [0.2, 0.25) is 5.91 Å². The topological polar surface area (TPSA) is 77.8 Å². The largest absolute Gasteiger partial charge is 0.508 e. The summed E-state index contributed by atoms with van der Waals surface area (Å²) in [6, 6.07) is 10.1. The summed E-state index contributed by atoms with van der Waals surface area (Å²) in [5.74, 6) is -1.84. The zero-order valence-electron chi connectivity index (χ0n) is 15.3. The standard InChI is InChI=1S/C22H23NO4/c1-2-17(22(26)27)23-18-10-6-5-9-15(18)20(21(23)25)16-11-13-7-3-4-8-14(13)12-19(16)24/h5-6,9-12,17,20,24H,2-4,7-8H2,1H3,(H,26,27). The van der Waals surface area contributed by atoms with Crippen LogP contribution in [0.1, 0.15) is 54.4 Å². The molecular weight excluding hydrogens is 342 g/mol. The van der Waals surface area contributed by atoms with E-state index >= 15 is 0 Å². The van der Waals surface area contributed by atoms with Crippen LogP contribution in [-0.4, -0.2) is 28.1 Å². The Labute approximate surface area is 158 Å². The van der Waals surface area contributed by atoms with Gasteiger partial charge in [-0.25, -0.2) is 4.79 Å². The molecule has 2 N–H and O–H groups in total. The van der Waals surface area contributed by atoms with Gasteiger partial charge >= 0.3 is 5.97 Å². The van der Waals surface area contributed by atoms with Gasteiger partial charge < -0.3 is 10.2 Å². The Morgan fingerprint density at radius 1 is 1.15 bits per heavy atom. The fourth-order valence-electron chi connectivity index (χ4n) is 4.45.